The van der Waals surface area contributed by atoms with Crippen LogP contribution in [0.5, 0.6) is 11.5 Å². The quantitative estimate of drug-likeness (QED) is 0.803. The highest BCUT2D eigenvalue weighted by Crippen LogP contribution is 2.42. The van der Waals surface area contributed by atoms with Crippen molar-refractivity contribution in [2.24, 2.45) is 0 Å². The van der Waals surface area contributed by atoms with Gasteiger partial charge in [0.1, 0.15) is 17.1 Å². The maximum Gasteiger partial charge on any atom is 0.126 e. The molecule has 3 heteroatoms. The largest absolute Gasteiger partial charge is 0.508 e. The minimum absolute atomic E-state index is 0.172. The average molecular weight is 250 g/mol. The fourth-order valence-corrected chi connectivity index (χ4v) is 2.62. The highest BCUT2D eigenvalue weighted by Gasteiger charge is 2.36. The number of unbranched alkanes of at least 4 members (excludes halogenated alkanes) is 2. The second-order valence-electron chi connectivity index (χ2n) is 5.45. The first-order valence-corrected chi connectivity index (χ1v) is 6.74. The van der Waals surface area contributed by atoms with Gasteiger partial charge in [-0.05, 0) is 38.0 Å². The first-order chi connectivity index (χ1) is 8.54. The molecule has 0 amide bonds. The van der Waals surface area contributed by atoms with Gasteiger partial charge in [0, 0.05) is 12.0 Å². The van der Waals surface area contributed by atoms with Gasteiger partial charge in [0.15, 0.2) is 0 Å². The van der Waals surface area contributed by atoms with Crippen LogP contribution in [0, 0.1) is 0 Å². The minimum atomic E-state index is -0.549. The molecule has 2 unspecified atom stereocenters. The van der Waals surface area contributed by atoms with Crippen molar-refractivity contribution in [1.82, 2.24) is 0 Å². The van der Waals surface area contributed by atoms with Gasteiger partial charge in [-0.3, -0.25) is 0 Å². The normalized spacial score (nSPS) is 26.5. The number of benzene rings is 1. The van der Waals surface area contributed by atoms with Crippen LogP contribution < -0.4 is 4.74 Å². The van der Waals surface area contributed by atoms with Gasteiger partial charge < -0.3 is 14.9 Å². The molecule has 0 aromatic heterocycles. The van der Waals surface area contributed by atoms with Crippen molar-refractivity contribution in [3.05, 3.63) is 23.8 Å². The lowest BCUT2D eigenvalue weighted by atomic mass is 9.86. The molecule has 1 aromatic carbocycles. The molecule has 1 aliphatic heterocycles. The Morgan fingerprint density at radius 2 is 2.17 bits per heavy atom. The molecule has 0 saturated carbocycles. The third-order valence-electron chi connectivity index (χ3n) is 3.64. The smallest absolute Gasteiger partial charge is 0.126 e. The van der Waals surface area contributed by atoms with Crippen LogP contribution in [0.3, 0.4) is 0 Å². The van der Waals surface area contributed by atoms with Crippen molar-refractivity contribution in [2.75, 3.05) is 0 Å². The van der Waals surface area contributed by atoms with Gasteiger partial charge in [-0.2, -0.15) is 0 Å². The van der Waals surface area contributed by atoms with Crippen LogP contribution in [0.25, 0.3) is 0 Å². The number of ether oxygens (including phenoxy) is 1. The second kappa shape index (κ2) is 5.19. The van der Waals surface area contributed by atoms with Crippen LogP contribution in [0.1, 0.15) is 57.6 Å². The van der Waals surface area contributed by atoms with Gasteiger partial charge in [0.2, 0.25) is 0 Å². The molecule has 0 saturated heterocycles. The molecule has 2 atom stereocenters. The average Bonchev–Trinajstić information content (AvgIpc) is 2.31. The summed E-state index contributed by atoms with van der Waals surface area (Å²) in [5.74, 6) is 0.872. The Balaban J connectivity index is 2.14. The van der Waals surface area contributed by atoms with Crippen LogP contribution in [-0.4, -0.2) is 15.8 Å². The summed E-state index contributed by atoms with van der Waals surface area (Å²) in [6, 6.07) is 4.93. The number of hydrogen-bond donors (Lipinski definition) is 2. The number of phenolic OH excluding ortho intramolecular Hbond substituents is 1. The Kier molecular flexibility index (Phi) is 3.81. The van der Waals surface area contributed by atoms with E-state index in [1.165, 1.54) is 12.8 Å². The lowest BCUT2D eigenvalue weighted by molar-refractivity contribution is -0.00859. The molecule has 1 aromatic rings. The Labute approximate surface area is 108 Å². The molecule has 1 heterocycles. The van der Waals surface area contributed by atoms with E-state index in [0.717, 1.165) is 12.8 Å². The monoisotopic (exact) mass is 250 g/mol. The number of phenols is 1. The summed E-state index contributed by atoms with van der Waals surface area (Å²) in [7, 11) is 0. The molecule has 2 rings (SSSR count). The molecule has 0 spiro atoms. The van der Waals surface area contributed by atoms with Gasteiger partial charge in [0.25, 0.3) is 0 Å². The first-order valence-electron chi connectivity index (χ1n) is 6.74. The SMILES string of the molecule is CCCCCC1(C)CC(O)c2cc(O)ccc2O1. The third-order valence-corrected chi connectivity index (χ3v) is 3.64. The summed E-state index contributed by atoms with van der Waals surface area (Å²) in [6.45, 7) is 4.23. The third kappa shape index (κ3) is 2.78. The Bertz CT molecular complexity index is 416. The standard InChI is InChI=1S/C15H22O3/c1-3-4-5-8-15(2)10-13(17)12-9-11(16)6-7-14(12)18-15/h6-7,9,13,16-17H,3-5,8,10H2,1-2H3. The van der Waals surface area contributed by atoms with E-state index >= 15 is 0 Å². The molecule has 2 N–H and O–H groups in total. The number of rotatable bonds is 4. The molecule has 0 bridgehead atoms. The van der Waals surface area contributed by atoms with E-state index in [9.17, 15) is 10.2 Å². The lowest BCUT2D eigenvalue weighted by Crippen LogP contribution is -2.38. The number of fused-ring (bicyclic) bond motifs is 1. The fourth-order valence-electron chi connectivity index (χ4n) is 2.62. The number of aliphatic hydroxyl groups is 1. The van der Waals surface area contributed by atoms with Gasteiger partial charge in [-0.15, -0.1) is 0 Å². The van der Waals surface area contributed by atoms with E-state index in [2.05, 4.69) is 13.8 Å². The summed E-state index contributed by atoms with van der Waals surface area (Å²) < 4.78 is 6.02. The zero-order chi connectivity index (χ0) is 13.2. The summed E-state index contributed by atoms with van der Waals surface area (Å²) in [5.41, 5.74) is 0.404. The maximum absolute atomic E-state index is 10.2. The van der Waals surface area contributed by atoms with E-state index in [1.54, 1.807) is 18.2 Å². The van der Waals surface area contributed by atoms with Crippen molar-refractivity contribution in [2.45, 2.75) is 57.7 Å². The fraction of sp³-hybridized carbons (Fsp3) is 0.600. The summed E-state index contributed by atoms with van der Waals surface area (Å²) in [5, 5.41) is 19.6. The molecule has 100 valence electrons. The molecule has 18 heavy (non-hydrogen) atoms. The maximum atomic E-state index is 10.2. The highest BCUT2D eigenvalue weighted by molar-refractivity contribution is 5.43. The van der Waals surface area contributed by atoms with E-state index in [1.807, 2.05) is 0 Å². The Hall–Kier alpha value is -1.22. The van der Waals surface area contributed by atoms with Gasteiger partial charge in [0.05, 0.1) is 6.10 Å². The van der Waals surface area contributed by atoms with E-state index < -0.39 is 6.10 Å². The first kappa shape index (κ1) is 13.2. The molecular weight excluding hydrogens is 228 g/mol. The number of aliphatic hydroxyl groups excluding tert-OH is 1. The molecule has 0 fully saturated rings. The van der Waals surface area contributed by atoms with Crippen LogP contribution in [-0.2, 0) is 0 Å². The summed E-state index contributed by atoms with van der Waals surface area (Å²) >= 11 is 0. The Morgan fingerprint density at radius 3 is 2.89 bits per heavy atom. The van der Waals surface area contributed by atoms with Crippen molar-refractivity contribution in [1.29, 1.82) is 0 Å². The topological polar surface area (TPSA) is 49.7 Å². The van der Waals surface area contributed by atoms with Crippen LogP contribution in [0.4, 0.5) is 0 Å². The van der Waals surface area contributed by atoms with Gasteiger partial charge >= 0.3 is 0 Å². The number of aromatic hydroxyl groups is 1. The second-order valence-corrected chi connectivity index (χ2v) is 5.45. The minimum Gasteiger partial charge on any atom is -0.508 e. The van der Waals surface area contributed by atoms with Crippen molar-refractivity contribution < 1.29 is 14.9 Å². The summed E-state index contributed by atoms with van der Waals surface area (Å²) in [4.78, 5) is 0. The molecule has 0 aliphatic carbocycles. The molecule has 0 radical (unpaired) electrons. The number of hydrogen-bond acceptors (Lipinski definition) is 3. The Morgan fingerprint density at radius 1 is 1.39 bits per heavy atom. The zero-order valence-electron chi connectivity index (χ0n) is 11.1. The molecule has 1 aliphatic rings. The molecule has 3 nitrogen and oxygen atoms in total. The van der Waals surface area contributed by atoms with E-state index in [4.69, 9.17) is 4.74 Å². The van der Waals surface area contributed by atoms with Crippen molar-refractivity contribution in [3.8, 4) is 11.5 Å². The van der Waals surface area contributed by atoms with Gasteiger partial charge in [-0.1, -0.05) is 19.8 Å². The van der Waals surface area contributed by atoms with Gasteiger partial charge in [-0.25, -0.2) is 0 Å². The molecular formula is C15H22O3. The van der Waals surface area contributed by atoms with E-state index in [0.29, 0.717) is 17.7 Å². The zero-order valence-corrected chi connectivity index (χ0v) is 11.1. The van der Waals surface area contributed by atoms with Crippen LogP contribution >= 0.6 is 0 Å². The van der Waals surface area contributed by atoms with Crippen LogP contribution in [0.2, 0.25) is 0 Å². The van der Waals surface area contributed by atoms with Crippen LogP contribution in [0.15, 0.2) is 18.2 Å². The summed E-state index contributed by atoms with van der Waals surface area (Å²) in [6.07, 6.45) is 4.49. The lowest BCUT2D eigenvalue weighted by Gasteiger charge is -2.38. The van der Waals surface area contributed by atoms with E-state index in [-0.39, 0.29) is 11.4 Å². The predicted molar refractivity (Wildman–Crippen MR) is 70.9 cm³/mol. The highest BCUT2D eigenvalue weighted by atomic mass is 16.5. The van der Waals surface area contributed by atoms with Crippen molar-refractivity contribution >= 4 is 0 Å². The predicted octanol–water partition coefficient (Wildman–Crippen LogP) is 3.55. The van der Waals surface area contributed by atoms with Crippen molar-refractivity contribution in [3.63, 3.8) is 0 Å².